The molecule has 2 aliphatic rings. The van der Waals surface area contributed by atoms with Gasteiger partial charge < -0.3 is 4.74 Å². The van der Waals surface area contributed by atoms with E-state index in [1.54, 1.807) is 6.07 Å². The highest BCUT2D eigenvalue weighted by molar-refractivity contribution is 5.91. The largest absolute Gasteiger partial charge is 0.490 e. The first-order valence-corrected chi connectivity index (χ1v) is 5.36. The molecule has 0 radical (unpaired) electrons. The fourth-order valence-electron chi connectivity index (χ4n) is 2.63. The van der Waals surface area contributed by atoms with Crippen molar-refractivity contribution in [3.05, 3.63) is 47.5 Å². The van der Waals surface area contributed by atoms with Crippen LogP contribution in [0.15, 0.2) is 30.5 Å². The fourth-order valence-corrected chi connectivity index (χ4v) is 2.63. The highest BCUT2D eigenvalue weighted by Gasteiger charge is 2.43. The van der Waals surface area contributed by atoms with Crippen LogP contribution >= 0.6 is 0 Å². The number of benzene rings is 1. The van der Waals surface area contributed by atoms with Gasteiger partial charge in [-0.1, -0.05) is 12.1 Å². The van der Waals surface area contributed by atoms with Crippen LogP contribution in [-0.2, 0) is 21.6 Å². The molecule has 1 aromatic carbocycles. The van der Waals surface area contributed by atoms with Crippen LogP contribution in [0.5, 0.6) is 0 Å². The van der Waals surface area contributed by atoms with Gasteiger partial charge in [0.15, 0.2) is 5.78 Å². The molecule has 3 rings (SSSR count). The van der Waals surface area contributed by atoms with Crippen LogP contribution < -0.4 is 0 Å². The third-order valence-corrected chi connectivity index (χ3v) is 3.40. The summed E-state index contributed by atoms with van der Waals surface area (Å²) in [7, 11) is 0. The number of fused-ring (bicyclic) bond motifs is 2. The Bertz CT molecular complexity index is 493. The second-order valence-electron chi connectivity index (χ2n) is 4.32. The van der Waals surface area contributed by atoms with Crippen molar-refractivity contribution < 1.29 is 13.9 Å². The van der Waals surface area contributed by atoms with E-state index in [0.29, 0.717) is 24.8 Å². The molecule has 2 nitrogen and oxygen atoms in total. The van der Waals surface area contributed by atoms with Gasteiger partial charge in [-0.05, 0) is 24.5 Å². The molecule has 3 heteroatoms. The minimum atomic E-state index is -0.608. The first kappa shape index (κ1) is 9.58. The number of rotatable bonds is 0. The van der Waals surface area contributed by atoms with Gasteiger partial charge in [-0.25, -0.2) is 4.39 Å². The molecule has 1 aromatic rings. The molecular weight excluding hydrogens is 207 g/mol. The molecular formula is C13H11FO2. The lowest BCUT2D eigenvalue weighted by molar-refractivity contribution is -0.122. The molecule has 1 heterocycles. The van der Waals surface area contributed by atoms with E-state index in [4.69, 9.17) is 4.74 Å². The van der Waals surface area contributed by atoms with E-state index in [1.807, 2.05) is 6.07 Å². The van der Waals surface area contributed by atoms with Gasteiger partial charge in [-0.15, -0.1) is 0 Å². The second-order valence-corrected chi connectivity index (χ2v) is 4.32. The molecule has 1 aliphatic heterocycles. The molecule has 0 fully saturated rings. The third kappa shape index (κ3) is 1.21. The maximum Gasteiger partial charge on any atom is 0.163 e. The summed E-state index contributed by atoms with van der Waals surface area (Å²) in [6.45, 7) is 0. The quantitative estimate of drug-likeness (QED) is 0.668. The fraction of sp³-hybridized carbons (Fsp3) is 0.308. The summed E-state index contributed by atoms with van der Waals surface area (Å²) in [5.74, 6) is -0.150. The third-order valence-electron chi connectivity index (χ3n) is 3.40. The predicted octanol–water partition coefficient (Wildman–Crippen LogP) is 2.47. The van der Waals surface area contributed by atoms with Crippen molar-refractivity contribution in [3.8, 4) is 0 Å². The topological polar surface area (TPSA) is 26.3 Å². The van der Waals surface area contributed by atoms with Gasteiger partial charge in [-0.3, -0.25) is 4.79 Å². The number of ether oxygens (including phenoxy) is 1. The van der Waals surface area contributed by atoms with Gasteiger partial charge in [-0.2, -0.15) is 0 Å². The average Bonchev–Trinajstić information content (AvgIpc) is 2.59. The highest BCUT2D eigenvalue weighted by atomic mass is 19.1. The van der Waals surface area contributed by atoms with Crippen LogP contribution in [-0.4, -0.2) is 5.78 Å². The Kier molecular flexibility index (Phi) is 1.90. The molecule has 16 heavy (non-hydrogen) atoms. The van der Waals surface area contributed by atoms with Crippen LogP contribution in [0.2, 0.25) is 0 Å². The first-order valence-electron chi connectivity index (χ1n) is 5.36. The Morgan fingerprint density at radius 2 is 2.25 bits per heavy atom. The standard InChI is InChI=1S/C13H11FO2/c14-12-3-1-2-11-10(12)4-6-13(11)8-9(15)5-7-16-13/h1-3,5,7H,4,6,8H2. The molecule has 82 valence electrons. The molecule has 0 N–H and O–H groups in total. The summed E-state index contributed by atoms with van der Waals surface area (Å²) >= 11 is 0. The van der Waals surface area contributed by atoms with Crippen LogP contribution in [0.4, 0.5) is 4.39 Å². The Balaban J connectivity index is 2.12. The van der Waals surface area contributed by atoms with E-state index in [0.717, 1.165) is 5.56 Å². The second kappa shape index (κ2) is 3.17. The van der Waals surface area contributed by atoms with Crippen molar-refractivity contribution >= 4 is 5.78 Å². The minimum Gasteiger partial charge on any atom is -0.490 e. The first-order chi connectivity index (χ1) is 7.71. The van der Waals surface area contributed by atoms with Gasteiger partial charge in [0.1, 0.15) is 11.4 Å². The molecule has 0 aromatic heterocycles. The maximum atomic E-state index is 13.6. The van der Waals surface area contributed by atoms with Crippen molar-refractivity contribution in [2.75, 3.05) is 0 Å². The summed E-state index contributed by atoms with van der Waals surface area (Å²) in [6, 6.07) is 4.99. The van der Waals surface area contributed by atoms with Gasteiger partial charge in [0.05, 0.1) is 12.7 Å². The number of ketones is 1. The molecule has 0 bridgehead atoms. The number of carbonyl (C=O) groups is 1. The lowest BCUT2D eigenvalue weighted by Crippen LogP contribution is -2.30. The zero-order valence-corrected chi connectivity index (χ0v) is 8.70. The van der Waals surface area contributed by atoms with Crippen molar-refractivity contribution in [3.63, 3.8) is 0 Å². The van der Waals surface area contributed by atoms with Crippen LogP contribution in [0.25, 0.3) is 0 Å². The number of allylic oxidation sites excluding steroid dienone is 1. The molecule has 1 aliphatic carbocycles. The maximum absolute atomic E-state index is 13.6. The normalized spacial score (nSPS) is 26.9. The Labute approximate surface area is 92.7 Å². The van der Waals surface area contributed by atoms with Crippen molar-refractivity contribution in [1.82, 2.24) is 0 Å². The van der Waals surface area contributed by atoms with Gasteiger partial charge in [0.2, 0.25) is 0 Å². The highest BCUT2D eigenvalue weighted by Crippen LogP contribution is 2.45. The van der Waals surface area contributed by atoms with E-state index in [1.165, 1.54) is 18.4 Å². The minimum absolute atomic E-state index is 0.0448. The van der Waals surface area contributed by atoms with Crippen LogP contribution in [0, 0.1) is 5.82 Å². The van der Waals surface area contributed by atoms with Crippen molar-refractivity contribution in [2.24, 2.45) is 0 Å². The lowest BCUT2D eigenvalue weighted by atomic mass is 9.89. The number of hydrogen-bond acceptors (Lipinski definition) is 2. The Hall–Kier alpha value is -1.64. The molecule has 0 amide bonds. The zero-order valence-electron chi connectivity index (χ0n) is 8.70. The van der Waals surface area contributed by atoms with E-state index < -0.39 is 5.60 Å². The lowest BCUT2D eigenvalue weighted by Gasteiger charge is -2.31. The molecule has 1 unspecified atom stereocenters. The number of halogens is 1. The molecule has 1 spiro atoms. The van der Waals surface area contributed by atoms with Gasteiger partial charge >= 0.3 is 0 Å². The summed E-state index contributed by atoms with van der Waals surface area (Å²) in [5.41, 5.74) is 0.930. The summed E-state index contributed by atoms with van der Waals surface area (Å²) < 4.78 is 19.2. The summed E-state index contributed by atoms with van der Waals surface area (Å²) in [5, 5.41) is 0. The Morgan fingerprint density at radius 1 is 1.38 bits per heavy atom. The van der Waals surface area contributed by atoms with Crippen molar-refractivity contribution in [2.45, 2.75) is 24.9 Å². The van der Waals surface area contributed by atoms with Crippen molar-refractivity contribution in [1.29, 1.82) is 0 Å². The number of carbonyl (C=O) groups excluding carboxylic acids is 1. The Morgan fingerprint density at radius 3 is 3.06 bits per heavy atom. The van der Waals surface area contributed by atoms with Crippen LogP contribution in [0.3, 0.4) is 0 Å². The number of hydrogen-bond donors (Lipinski definition) is 0. The molecule has 0 saturated heterocycles. The zero-order chi connectivity index (χ0) is 11.2. The van der Waals surface area contributed by atoms with E-state index in [-0.39, 0.29) is 11.6 Å². The molecule has 0 saturated carbocycles. The smallest absolute Gasteiger partial charge is 0.163 e. The van der Waals surface area contributed by atoms with Crippen LogP contribution in [0.1, 0.15) is 24.0 Å². The molecule has 1 atom stereocenters. The SMILES string of the molecule is O=C1C=COC2(CCc3c(F)cccc32)C1. The van der Waals surface area contributed by atoms with Gasteiger partial charge in [0, 0.05) is 11.6 Å². The average molecular weight is 218 g/mol. The van der Waals surface area contributed by atoms with E-state index >= 15 is 0 Å². The van der Waals surface area contributed by atoms with E-state index in [2.05, 4.69) is 0 Å². The summed E-state index contributed by atoms with van der Waals surface area (Å²) in [6.07, 6.45) is 4.51. The van der Waals surface area contributed by atoms with Gasteiger partial charge in [0.25, 0.3) is 0 Å². The monoisotopic (exact) mass is 218 g/mol. The summed E-state index contributed by atoms with van der Waals surface area (Å²) in [4.78, 5) is 11.5. The predicted molar refractivity (Wildman–Crippen MR) is 56.2 cm³/mol. The van der Waals surface area contributed by atoms with E-state index in [9.17, 15) is 9.18 Å².